The van der Waals surface area contributed by atoms with Crippen molar-refractivity contribution >= 4 is 21.6 Å². The largest absolute Gasteiger partial charge is 0.352 e. The molecule has 0 radical (unpaired) electrons. The number of benzene rings is 1. The Kier molecular flexibility index (Phi) is 6.31. The average molecular weight is 347 g/mol. The predicted molar refractivity (Wildman–Crippen MR) is 93.9 cm³/mol. The van der Waals surface area contributed by atoms with Crippen LogP contribution in [0.4, 0.5) is 5.69 Å². The molecule has 1 amide bonds. The van der Waals surface area contributed by atoms with Crippen molar-refractivity contribution in [1.82, 2.24) is 10.3 Å². The molecule has 0 spiro atoms. The number of pyridine rings is 1. The van der Waals surface area contributed by atoms with Crippen molar-refractivity contribution in [1.29, 1.82) is 0 Å². The zero-order valence-electron chi connectivity index (χ0n) is 13.6. The Labute approximate surface area is 142 Å². The number of nitrogens with one attached hydrogen (secondary N) is 1. The quantitative estimate of drug-likeness (QED) is 0.791. The van der Waals surface area contributed by atoms with Crippen molar-refractivity contribution in [2.24, 2.45) is 0 Å². The van der Waals surface area contributed by atoms with Crippen LogP contribution in [0.3, 0.4) is 0 Å². The van der Waals surface area contributed by atoms with Crippen LogP contribution in [0.5, 0.6) is 0 Å². The van der Waals surface area contributed by atoms with Crippen molar-refractivity contribution < 1.29 is 13.2 Å². The zero-order chi connectivity index (χ0) is 17.4. The lowest BCUT2D eigenvalue weighted by atomic mass is 10.2. The Bertz CT molecular complexity index is 749. The van der Waals surface area contributed by atoms with Crippen molar-refractivity contribution in [3.63, 3.8) is 0 Å². The molecule has 0 fully saturated rings. The number of sulfonamides is 1. The van der Waals surface area contributed by atoms with Gasteiger partial charge in [-0.15, -0.1) is 0 Å². The second kappa shape index (κ2) is 8.44. The first-order valence-electron chi connectivity index (χ1n) is 7.65. The Hall–Kier alpha value is -2.41. The number of hydrogen-bond acceptors (Lipinski definition) is 4. The molecule has 0 aliphatic heterocycles. The number of aromatic nitrogens is 1. The van der Waals surface area contributed by atoms with Gasteiger partial charge in [0.15, 0.2) is 0 Å². The van der Waals surface area contributed by atoms with Gasteiger partial charge in [-0.25, -0.2) is 8.42 Å². The lowest BCUT2D eigenvalue weighted by Gasteiger charge is -2.22. The first-order chi connectivity index (χ1) is 11.5. The first-order valence-corrected chi connectivity index (χ1v) is 9.50. The standard InChI is InChI=1S/C17H21N3O3S/c1-24(22,23)20(16-6-3-2-4-7-16)13-5-8-17(21)19-14-15-9-11-18-12-10-15/h2-4,6-7,9-12H,5,8,13-14H2,1H3,(H,19,21). The fourth-order valence-corrected chi connectivity index (χ4v) is 3.22. The fourth-order valence-electron chi connectivity index (χ4n) is 2.25. The summed E-state index contributed by atoms with van der Waals surface area (Å²) in [5.74, 6) is -0.103. The van der Waals surface area contributed by atoms with E-state index >= 15 is 0 Å². The molecule has 7 heteroatoms. The smallest absolute Gasteiger partial charge is 0.232 e. The number of amides is 1. The molecule has 0 aliphatic rings. The van der Waals surface area contributed by atoms with Gasteiger partial charge in [-0.3, -0.25) is 14.1 Å². The monoisotopic (exact) mass is 347 g/mol. The van der Waals surface area contributed by atoms with Crippen LogP contribution in [-0.4, -0.2) is 32.1 Å². The summed E-state index contributed by atoms with van der Waals surface area (Å²) in [4.78, 5) is 15.8. The Morgan fingerprint density at radius 1 is 1.12 bits per heavy atom. The number of carbonyl (C=O) groups is 1. The van der Waals surface area contributed by atoms with Crippen molar-refractivity contribution in [3.8, 4) is 0 Å². The summed E-state index contributed by atoms with van der Waals surface area (Å²) in [6.45, 7) is 0.710. The van der Waals surface area contributed by atoms with E-state index in [1.165, 1.54) is 10.6 Å². The van der Waals surface area contributed by atoms with Crippen molar-refractivity contribution in [2.45, 2.75) is 19.4 Å². The van der Waals surface area contributed by atoms with Gasteiger partial charge < -0.3 is 5.32 Å². The van der Waals surface area contributed by atoms with Gasteiger partial charge in [0.2, 0.25) is 15.9 Å². The van der Waals surface area contributed by atoms with Crippen molar-refractivity contribution in [2.75, 3.05) is 17.1 Å². The maximum Gasteiger partial charge on any atom is 0.232 e. The van der Waals surface area contributed by atoms with Crippen LogP contribution in [-0.2, 0) is 21.4 Å². The average Bonchev–Trinajstić information content (AvgIpc) is 2.57. The molecule has 6 nitrogen and oxygen atoms in total. The summed E-state index contributed by atoms with van der Waals surface area (Å²) < 4.78 is 25.2. The summed E-state index contributed by atoms with van der Waals surface area (Å²) >= 11 is 0. The van der Waals surface area contributed by atoms with Gasteiger partial charge in [0.25, 0.3) is 0 Å². The lowest BCUT2D eigenvalue weighted by molar-refractivity contribution is -0.121. The molecule has 1 N–H and O–H groups in total. The Morgan fingerprint density at radius 3 is 2.42 bits per heavy atom. The van der Waals surface area contributed by atoms with Gasteiger partial charge in [-0.1, -0.05) is 18.2 Å². The van der Waals surface area contributed by atoms with Crippen LogP contribution in [0.1, 0.15) is 18.4 Å². The van der Waals surface area contributed by atoms with E-state index in [2.05, 4.69) is 10.3 Å². The van der Waals surface area contributed by atoms with E-state index in [1.54, 1.807) is 36.7 Å². The van der Waals surface area contributed by atoms with E-state index in [-0.39, 0.29) is 18.9 Å². The van der Waals surface area contributed by atoms with Gasteiger partial charge in [-0.05, 0) is 36.2 Å². The fraction of sp³-hybridized carbons (Fsp3) is 0.294. The highest BCUT2D eigenvalue weighted by atomic mass is 32.2. The zero-order valence-corrected chi connectivity index (χ0v) is 14.4. The van der Waals surface area contributed by atoms with Gasteiger partial charge in [0.1, 0.15) is 0 Å². The highest BCUT2D eigenvalue weighted by Crippen LogP contribution is 2.17. The molecule has 0 bridgehead atoms. The molecule has 0 atom stereocenters. The molecule has 1 heterocycles. The Morgan fingerprint density at radius 2 is 1.79 bits per heavy atom. The van der Waals surface area contributed by atoms with Crippen LogP contribution in [0.2, 0.25) is 0 Å². The summed E-state index contributed by atoms with van der Waals surface area (Å²) in [6, 6.07) is 12.6. The predicted octanol–water partition coefficient (Wildman–Crippen LogP) is 1.94. The van der Waals surface area contributed by atoms with E-state index in [9.17, 15) is 13.2 Å². The molecule has 0 saturated carbocycles. The van der Waals surface area contributed by atoms with Crippen molar-refractivity contribution in [3.05, 3.63) is 60.4 Å². The van der Waals surface area contributed by atoms with Gasteiger partial charge in [0.05, 0.1) is 11.9 Å². The van der Waals surface area contributed by atoms with E-state index in [0.717, 1.165) is 5.56 Å². The lowest BCUT2D eigenvalue weighted by Crippen LogP contribution is -2.32. The van der Waals surface area contributed by atoms with Crippen LogP contribution < -0.4 is 9.62 Å². The molecule has 128 valence electrons. The summed E-state index contributed by atoms with van der Waals surface area (Å²) in [5.41, 5.74) is 1.58. The van der Waals surface area contributed by atoms with Crippen LogP contribution in [0.25, 0.3) is 0 Å². The molecular formula is C17H21N3O3S. The molecule has 2 aromatic rings. The van der Waals surface area contributed by atoms with E-state index in [4.69, 9.17) is 0 Å². The summed E-state index contributed by atoms with van der Waals surface area (Å²) in [6.07, 6.45) is 5.23. The summed E-state index contributed by atoms with van der Waals surface area (Å²) in [7, 11) is -3.38. The maximum absolute atomic E-state index is 11.9. The number of hydrogen-bond donors (Lipinski definition) is 1. The second-order valence-corrected chi connectivity index (χ2v) is 7.31. The highest BCUT2D eigenvalue weighted by Gasteiger charge is 2.17. The molecule has 1 aromatic heterocycles. The molecule has 0 unspecified atom stereocenters. The minimum atomic E-state index is -3.38. The second-order valence-electron chi connectivity index (χ2n) is 5.41. The van der Waals surface area contributed by atoms with Crippen LogP contribution in [0.15, 0.2) is 54.9 Å². The number of carbonyl (C=O) groups excluding carboxylic acids is 1. The Balaban J connectivity index is 1.83. The van der Waals surface area contributed by atoms with E-state index in [1.807, 2.05) is 18.2 Å². The highest BCUT2D eigenvalue weighted by molar-refractivity contribution is 7.92. The third-order valence-electron chi connectivity index (χ3n) is 3.45. The van der Waals surface area contributed by atoms with Crippen LogP contribution >= 0.6 is 0 Å². The number of rotatable bonds is 8. The molecule has 2 rings (SSSR count). The minimum absolute atomic E-state index is 0.103. The maximum atomic E-state index is 11.9. The normalized spacial score (nSPS) is 11.0. The molecule has 0 aliphatic carbocycles. The van der Waals surface area contributed by atoms with Crippen LogP contribution in [0, 0.1) is 0 Å². The molecule has 1 aromatic carbocycles. The summed E-state index contributed by atoms with van der Waals surface area (Å²) in [5, 5.41) is 2.82. The molecule has 24 heavy (non-hydrogen) atoms. The molecule has 0 saturated heterocycles. The third-order valence-corrected chi connectivity index (χ3v) is 4.64. The SMILES string of the molecule is CS(=O)(=O)N(CCCC(=O)NCc1ccncc1)c1ccccc1. The minimum Gasteiger partial charge on any atom is -0.352 e. The van der Waals surface area contributed by atoms with Gasteiger partial charge in [0, 0.05) is 31.9 Å². The van der Waals surface area contributed by atoms with E-state index in [0.29, 0.717) is 18.7 Å². The number of anilines is 1. The first kappa shape index (κ1) is 17.9. The topological polar surface area (TPSA) is 79.4 Å². The van der Waals surface area contributed by atoms with E-state index < -0.39 is 10.0 Å². The third kappa shape index (κ3) is 5.66. The number of para-hydroxylation sites is 1. The van der Waals surface area contributed by atoms with Gasteiger partial charge in [-0.2, -0.15) is 0 Å². The molecular weight excluding hydrogens is 326 g/mol. The number of nitrogens with zero attached hydrogens (tertiary/aromatic N) is 2. The van der Waals surface area contributed by atoms with Gasteiger partial charge >= 0.3 is 0 Å².